The Morgan fingerprint density at radius 3 is 2.50 bits per heavy atom. The predicted octanol–water partition coefficient (Wildman–Crippen LogP) is 3.53. The van der Waals surface area contributed by atoms with Gasteiger partial charge in [0, 0.05) is 23.9 Å². The second-order valence-corrected chi connectivity index (χ2v) is 10.4. The van der Waals surface area contributed by atoms with Gasteiger partial charge in [-0.1, -0.05) is 20.8 Å². The van der Waals surface area contributed by atoms with Crippen LogP contribution in [-0.2, 0) is 22.4 Å². The zero-order valence-electron chi connectivity index (χ0n) is 18.4. The Kier molecular flexibility index (Phi) is 7.06. The number of amides is 3. The van der Waals surface area contributed by atoms with Crippen molar-refractivity contribution in [1.82, 2.24) is 15.8 Å². The molecule has 1 aromatic heterocycles. The van der Waals surface area contributed by atoms with E-state index >= 15 is 0 Å². The molecule has 1 aromatic rings. The van der Waals surface area contributed by atoms with Gasteiger partial charge < -0.3 is 9.64 Å². The van der Waals surface area contributed by atoms with Crippen LogP contribution in [0.4, 0.5) is 4.79 Å². The number of carbonyl (C=O) groups is 3. The molecule has 0 spiro atoms. The minimum Gasteiger partial charge on any atom is -0.450 e. The first-order valence-corrected chi connectivity index (χ1v) is 11.6. The molecular weight excluding hydrogens is 402 g/mol. The van der Waals surface area contributed by atoms with E-state index in [1.165, 1.54) is 21.8 Å². The van der Waals surface area contributed by atoms with Gasteiger partial charge in [-0.25, -0.2) is 4.79 Å². The Balaban J connectivity index is 1.48. The van der Waals surface area contributed by atoms with Crippen LogP contribution in [0.2, 0.25) is 0 Å². The van der Waals surface area contributed by atoms with Crippen LogP contribution in [0.5, 0.6) is 0 Å². The molecule has 1 aliphatic heterocycles. The van der Waals surface area contributed by atoms with E-state index in [9.17, 15) is 14.4 Å². The monoisotopic (exact) mass is 435 g/mol. The number of nitrogens with zero attached hydrogens (tertiary/aromatic N) is 1. The summed E-state index contributed by atoms with van der Waals surface area (Å²) in [4.78, 5) is 40.3. The Hall–Kier alpha value is -2.09. The van der Waals surface area contributed by atoms with E-state index in [0.717, 1.165) is 19.3 Å². The number of likely N-dealkylation sites (tertiary alicyclic amines) is 1. The van der Waals surface area contributed by atoms with Crippen molar-refractivity contribution in [3.63, 3.8) is 0 Å². The van der Waals surface area contributed by atoms with Crippen molar-refractivity contribution >= 4 is 29.2 Å². The number of hydrogen-bond acceptors (Lipinski definition) is 5. The molecule has 0 aromatic carbocycles. The van der Waals surface area contributed by atoms with Gasteiger partial charge in [-0.2, -0.15) is 0 Å². The van der Waals surface area contributed by atoms with E-state index in [4.69, 9.17) is 4.74 Å². The van der Waals surface area contributed by atoms with Gasteiger partial charge in [-0.15, -0.1) is 11.3 Å². The summed E-state index contributed by atoms with van der Waals surface area (Å²) >= 11 is 1.53. The molecule has 1 fully saturated rings. The van der Waals surface area contributed by atoms with Crippen molar-refractivity contribution in [2.75, 3.05) is 19.7 Å². The molecule has 166 valence electrons. The molecule has 2 heterocycles. The third-order valence-electron chi connectivity index (χ3n) is 6.22. The number of ether oxygens (including phenoxy) is 1. The highest BCUT2D eigenvalue weighted by Gasteiger charge is 2.31. The van der Waals surface area contributed by atoms with Crippen LogP contribution in [0, 0.1) is 17.3 Å². The Morgan fingerprint density at radius 2 is 1.87 bits per heavy atom. The smallest absolute Gasteiger partial charge is 0.409 e. The molecule has 1 saturated heterocycles. The lowest BCUT2D eigenvalue weighted by Gasteiger charge is -2.33. The molecule has 2 aliphatic rings. The topological polar surface area (TPSA) is 87.7 Å². The summed E-state index contributed by atoms with van der Waals surface area (Å²) in [5, 5.41) is 0. The number of fused-ring (bicyclic) bond motifs is 1. The minimum atomic E-state index is -0.333. The van der Waals surface area contributed by atoms with Gasteiger partial charge in [0.05, 0.1) is 11.5 Å². The number of hydrogen-bond donors (Lipinski definition) is 2. The number of thiophene rings is 1. The number of rotatable bonds is 3. The SMILES string of the molecule is CCOC(=O)N1CCC(C(=O)NNC(=O)c2cc3c(s2)CCC(C(C)(C)C)C3)CC1. The lowest BCUT2D eigenvalue weighted by Crippen LogP contribution is -2.48. The number of aryl methyl sites for hydroxylation is 1. The number of piperidine rings is 1. The average molecular weight is 436 g/mol. The second kappa shape index (κ2) is 9.37. The summed E-state index contributed by atoms with van der Waals surface area (Å²) in [5.74, 6) is -0.0734. The van der Waals surface area contributed by atoms with Crippen molar-refractivity contribution in [3.05, 3.63) is 21.4 Å². The zero-order chi connectivity index (χ0) is 21.9. The normalized spacial score (nSPS) is 19.7. The number of carbonyl (C=O) groups excluding carboxylic acids is 3. The van der Waals surface area contributed by atoms with Crippen LogP contribution >= 0.6 is 11.3 Å². The van der Waals surface area contributed by atoms with Gasteiger partial charge in [-0.3, -0.25) is 20.4 Å². The first-order valence-electron chi connectivity index (χ1n) is 10.8. The van der Waals surface area contributed by atoms with E-state index < -0.39 is 0 Å². The van der Waals surface area contributed by atoms with Gasteiger partial charge >= 0.3 is 6.09 Å². The maximum Gasteiger partial charge on any atom is 0.409 e. The summed E-state index contributed by atoms with van der Waals surface area (Å²) in [6.07, 6.45) is 3.96. The molecule has 3 amide bonds. The quantitative estimate of drug-likeness (QED) is 0.711. The first-order chi connectivity index (χ1) is 14.2. The number of nitrogens with one attached hydrogen (secondary N) is 2. The largest absolute Gasteiger partial charge is 0.450 e. The average Bonchev–Trinajstić information content (AvgIpc) is 3.15. The zero-order valence-corrected chi connectivity index (χ0v) is 19.2. The van der Waals surface area contributed by atoms with Gasteiger partial charge in [-0.05, 0) is 62.0 Å². The van der Waals surface area contributed by atoms with Gasteiger partial charge in [0.1, 0.15) is 0 Å². The van der Waals surface area contributed by atoms with Crippen molar-refractivity contribution < 1.29 is 19.1 Å². The molecule has 0 radical (unpaired) electrons. The Labute approximate surface area is 182 Å². The number of hydrazine groups is 1. The summed E-state index contributed by atoms with van der Waals surface area (Å²) in [7, 11) is 0. The fourth-order valence-electron chi connectivity index (χ4n) is 4.20. The van der Waals surface area contributed by atoms with Crippen LogP contribution in [0.3, 0.4) is 0 Å². The molecule has 7 nitrogen and oxygen atoms in total. The molecule has 1 unspecified atom stereocenters. The Morgan fingerprint density at radius 1 is 1.17 bits per heavy atom. The second-order valence-electron chi connectivity index (χ2n) is 9.27. The predicted molar refractivity (Wildman–Crippen MR) is 116 cm³/mol. The lowest BCUT2D eigenvalue weighted by atomic mass is 9.72. The van der Waals surface area contributed by atoms with Gasteiger partial charge in [0.2, 0.25) is 5.91 Å². The van der Waals surface area contributed by atoms with Gasteiger partial charge in [0.15, 0.2) is 0 Å². The molecule has 1 atom stereocenters. The molecule has 0 saturated carbocycles. The standard InChI is InChI=1S/C22H33N3O4S/c1-5-29-21(28)25-10-8-14(9-11-25)19(26)23-24-20(27)18-13-15-12-16(22(2,3)4)6-7-17(15)30-18/h13-14,16H,5-12H2,1-4H3,(H,23,26)(H,24,27). The molecular formula is C22H33N3O4S. The maximum atomic E-state index is 12.6. The lowest BCUT2D eigenvalue weighted by molar-refractivity contribution is -0.127. The van der Waals surface area contributed by atoms with Crippen LogP contribution in [0.25, 0.3) is 0 Å². The first kappa shape index (κ1) is 22.6. The van der Waals surface area contributed by atoms with Crippen molar-refractivity contribution in [3.8, 4) is 0 Å². The van der Waals surface area contributed by atoms with E-state index in [0.29, 0.717) is 43.3 Å². The highest BCUT2D eigenvalue weighted by molar-refractivity contribution is 7.14. The van der Waals surface area contributed by atoms with Crippen LogP contribution in [0.1, 0.15) is 67.1 Å². The van der Waals surface area contributed by atoms with Gasteiger partial charge in [0.25, 0.3) is 5.91 Å². The fraction of sp³-hybridized carbons (Fsp3) is 0.682. The molecule has 1 aliphatic carbocycles. The van der Waals surface area contributed by atoms with E-state index in [1.807, 2.05) is 6.07 Å². The highest BCUT2D eigenvalue weighted by atomic mass is 32.1. The van der Waals surface area contributed by atoms with Crippen LogP contribution in [0.15, 0.2) is 6.07 Å². The summed E-state index contributed by atoms with van der Waals surface area (Å²) in [5.41, 5.74) is 6.67. The fourth-order valence-corrected chi connectivity index (χ4v) is 5.30. The minimum absolute atomic E-state index is 0.207. The van der Waals surface area contributed by atoms with E-state index in [-0.39, 0.29) is 29.2 Å². The van der Waals surface area contributed by atoms with Crippen molar-refractivity contribution in [2.45, 2.75) is 59.8 Å². The van der Waals surface area contributed by atoms with Crippen molar-refractivity contribution in [2.24, 2.45) is 17.3 Å². The molecule has 8 heteroatoms. The molecule has 30 heavy (non-hydrogen) atoms. The molecule has 3 rings (SSSR count). The van der Waals surface area contributed by atoms with E-state index in [2.05, 4.69) is 31.6 Å². The van der Waals surface area contributed by atoms with Crippen molar-refractivity contribution in [1.29, 1.82) is 0 Å². The Bertz CT molecular complexity index is 791. The van der Waals surface area contributed by atoms with E-state index in [1.54, 1.807) is 11.8 Å². The molecule has 2 N–H and O–H groups in total. The van der Waals surface area contributed by atoms with Crippen LogP contribution < -0.4 is 10.9 Å². The third-order valence-corrected chi connectivity index (χ3v) is 7.46. The summed E-state index contributed by atoms with van der Waals surface area (Å²) < 4.78 is 5.00. The molecule has 0 bridgehead atoms. The summed E-state index contributed by atoms with van der Waals surface area (Å²) in [6, 6.07) is 1.98. The summed E-state index contributed by atoms with van der Waals surface area (Å²) in [6.45, 7) is 9.90. The third kappa shape index (κ3) is 5.33. The maximum absolute atomic E-state index is 12.6. The highest BCUT2D eigenvalue weighted by Crippen LogP contribution is 2.40. The van der Waals surface area contributed by atoms with Crippen LogP contribution in [-0.4, -0.2) is 42.5 Å².